The number of sulfone groups is 1. The highest BCUT2D eigenvalue weighted by molar-refractivity contribution is 7.91. The molecule has 1 aromatic rings. The van der Waals surface area contributed by atoms with Gasteiger partial charge in [-0.2, -0.15) is 0 Å². The van der Waals surface area contributed by atoms with Crippen LogP contribution in [0.2, 0.25) is 5.15 Å². The van der Waals surface area contributed by atoms with Crippen molar-refractivity contribution in [3.05, 3.63) is 17.5 Å². The van der Waals surface area contributed by atoms with Gasteiger partial charge in [-0.25, -0.2) is 18.4 Å². The lowest BCUT2D eigenvalue weighted by Gasteiger charge is -2.20. The number of hydrogen-bond donors (Lipinski definition) is 0. The predicted molar refractivity (Wildman–Crippen MR) is 62.5 cm³/mol. The SMILES string of the molecule is O=S1(=O)CCCN(c2cc(Cl)ncn2)CC1. The first-order valence-corrected chi connectivity index (χ1v) is 7.20. The van der Waals surface area contributed by atoms with Gasteiger partial charge in [0, 0.05) is 19.2 Å². The lowest BCUT2D eigenvalue weighted by atomic mass is 10.4. The van der Waals surface area contributed by atoms with Gasteiger partial charge in [0.2, 0.25) is 0 Å². The molecule has 1 saturated heterocycles. The molecule has 0 aromatic carbocycles. The molecule has 7 heteroatoms. The maximum absolute atomic E-state index is 11.4. The van der Waals surface area contributed by atoms with E-state index in [0.717, 1.165) is 0 Å². The average Bonchev–Trinajstić information content (AvgIpc) is 2.39. The molecule has 2 heterocycles. The Bertz CT molecular complexity index is 477. The summed E-state index contributed by atoms with van der Waals surface area (Å²) in [5.41, 5.74) is 0. The van der Waals surface area contributed by atoms with Crippen LogP contribution in [-0.2, 0) is 9.84 Å². The molecule has 16 heavy (non-hydrogen) atoms. The highest BCUT2D eigenvalue weighted by Gasteiger charge is 2.19. The molecule has 1 fully saturated rings. The van der Waals surface area contributed by atoms with Crippen molar-refractivity contribution in [2.45, 2.75) is 6.42 Å². The Balaban J connectivity index is 2.17. The Labute approximate surface area is 99.4 Å². The Hall–Kier alpha value is -0.880. The molecule has 0 atom stereocenters. The summed E-state index contributed by atoms with van der Waals surface area (Å²) in [6, 6.07) is 1.65. The van der Waals surface area contributed by atoms with Gasteiger partial charge in [-0.15, -0.1) is 0 Å². The minimum atomic E-state index is -2.89. The van der Waals surface area contributed by atoms with E-state index in [4.69, 9.17) is 11.6 Å². The van der Waals surface area contributed by atoms with Gasteiger partial charge in [-0.05, 0) is 6.42 Å². The molecule has 0 bridgehead atoms. The average molecular weight is 262 g/mol. The number of nitrogens with zero attached hydrogens (tertiary/aromatic N) is 3. The maximum atomic E-state index is 11.4. The van der Waals surface area contributed by atoms with E-state index in [2.05, 4.69) is 9.97 Å². The quantitative estimate of drug-likeness (QED) is 0.699. The van der Waals surface area contributed by atoms with Crippen LogP contribution in [0.25, 0.3) is 0 Å². The first-order valence-electron chi connectivity index (χ1n) is 5.00. The van der Waals surface area contributed by atoms with E-state index >= 15 is 0 Å². The van der Waals surface area contributed by atoms with Crippen LogP contribution in [0, 0.1) is 0 Å². The molecule has 0 spiro atoms. The first-order chi connectivity index (χ1) is 7.57. The molecule has 1 aliphatic heterocycles. The Morgan fingerprint density at radius 3 is 2.81 bits per heavy atom. The predicted octanol–water partition coefficient (Wildman–Crippen LogP) is 0.755. The molecule has 88 valence electrons. The van der Waals surface area contributed by atoms with Crippen molar-refractivity contribution in [1.29, 1.82) is 0 Å². The standard InChI is InChI=1S/C9H12ClN3O2S/c10-8-6-9(12-7-11-8)13-2-1-4-16(14,15)5-3-13/h6-7H,1-5H2. The van der Waals surface area contributed by atoms with Crippen LogP contribution < -0.4 is 4.90 Å². The van der Waals surface area contributed by atoms with E-state index in [9.17, 15) is 8.42 Å². The molecule has 2 rings (SSSR count). The van der Waals surface area contributed by atoms with E-state index < -0.39 is 9.84 Å². The third-order valence-electron chi connectivity index (χ3n) is 2.50. The zero-order valence-electron chi connectivity index (χ0n) is 8.63. The topological polar surface area (TPSA) is 63.2 Å². The van der Waals surface area contributed by atoms with Gasteiger partial charge in [0.05, 0.1) is 11.5 Å². The number of halogens is 1. The fourth-order valence-electron chi connectivity index (χ4n) is 1.66. The van der Waals surface area contributed by atoms with Crippen LogP contribution >= 0.6 is 11.6 Å². The molecule has 1 aliphatic rings. The van der Waals surface area contributed by atoms with Crippen LogP contribution in [0.1, 0.15) is 6.42 Å². The van der Waals surface area contributed by atoms with Crippen molar-refractivity contribution in [1.82, 2.24) is 9.97 Å². The minimum Gasteiger partial charge on any atom is -0.355 e. The number of hydrogen-bond acceptors (Lipinski definition) is 5. The molecule has 0 aliphatic carbocycles. The number of anilines is 1. The van der Waals surface area contributed by atoms with E-state index in [1.165, 1.54) is 6.33 Å². The Kier molecular flexibility index (Phi) is 3.30. The first kappa shape index (κ1) is 11.6. The van der Waals surface area contributed by atoms with Gasteiger partial charge in [0.25, 0.3) is 0 Å². The third kappa shape index (κ3) is 2.82. The zero-order valence-corrected chi connectivity index (χ0v) is 10.2. The van der Waals surface area contributed by atoms with Gasteiger partial charge in [-0.1, -0.05) is 11.6 Å². The second kappa shape index (κ2) is 4.55. The van der Waals surface area contributed by atoms with Crippen molar-refractivity contribution in [3.63, 3.8) is 0 Å². The van der Waals surface area contributed by atoms with Crippen LogP contribution in [0.15, 0.2) is 12.4 Å². The zero-order chi connectivity index (χ0) is 11.6. The Morgan fingerprint density at radius 1 is 1.25 bits per heavy atom. The fraction of sp³-hybridized carbons (Fsp3) is 0.556. The van der Waals surface area contributed by atoms with Gasteiger partial charge in [0.1, 0.15) is 17.3 Å². The summed E-state index contributed by atoms with van der Waals surface area (Å²) in [4.78, 5) is 9.81. The minimum absolute atomic E-state index is 0.175. The van der Waals surface area contributed by atoms with Gasteiger partial charge >= 0.3 is 0 Å². The molecule has 0 radical (unpaired) electrons. The number of aromatic nitrogens is 2. The summed E-state index contributed by atoms with van der Waals surface area (Å²) in [6.07, 6.45) is 2.01. The van der Waals surface area contributed by atoms with Gasteiger partial charge in [0.15, 0.2) is 9.84 Å². The lowest BCUT2D eigenvalue weighted by Crippen LogP contribution is -2.27. The fourth-order valence-corrected chi connectivity index (χ4v) is 3.08. The smallest absolute Gasteiger partial charge is 0.152 e. The highest BCUT2D eigenvalue weighted by Crippen LogP contribution is 2.16. The second-order valence-corrected chi connectivity index (χ2v) is 6.38. The summed E-state index contributed by atoms with van der Waals surface area (Å²) in [5, 5.41) is 0.372. The van der Waals surface area contributed by atoms with Crippen LogP contribution in [0.3, 0.4) is 0 Å². The van der Waals surface area contributed by atoms with Crippen molar-refractivity contribution in [2.24, 2.45) is 0 Å². The van der Waals surface area contributed by atoms with E-state index in [1.807, 2.05) is 4.90 Å². The summed E-state index contributed by atoms with van der Waals surface area (Å²) in [7, 11) is -2.89. The largest absolute Gasteiger partial charge is 0.355 e. The van der Waals surface area contributed by atoms with Crippen LogP contribution in [-0.4, -0.2) is 43.0 Å². The molecular weight excluding hydrogens is 250 g/mol. The lowest BCUT2D eigenvalue weighted by molar-refractivity contribution is 0.597. The molecule has 0 unspecified atom stereocenters. The summed E-state index contributed by atoms with van der Waals surface area (Å²) < 4.78 is 22.9. The number of rotatable bonds is 1. The monoisotopic (exact) mass is 261 g/mol. The van der Waals surface area contributed by atoms with Gasteiger partial charge < -0.3 is 4.90 Å². The highest BCUT2D eigenvalue weighted by atomic mass is 35.5. The summed E-state index contributed by atoms with van der Waals surface area (Å²) in [5.74, 6) is 1.12. The summed E-state index contributed by atoms with van der Waals surface area (Å²) in [6.45, 7) is 1.16. The molecule has 0 saturated carbocycles. The van der Waals surface area contributed by atoms with Crippen molar-refractivity contribution >= 4 is 27.3 Å². The van der Waals surface area contributed by atoms with Crippen LogP contribution in [0.5, 0.6) is 0 Å². The molecule has 0 amide bonds. The van der Waals surface area contributed by atoms with Crippen LogP contribution in [0.4, 0.5) is 5.82 Å². The molecular formula is C9H12ClN3O2S. The maximum Gasteiger partial charge on any atom is 0.152 e. The Morgan fingerprint density at radius 2 is 2.06 bits per heavy atom. The van der Waals surface area contributed by atoms with E-state index in [-0.39, 0.29) is 11.5 Å². The summed E-state index contributed by atoms with van der Waals surface area (Å²) >= 11 is 5.76. The van der Waals surface area contributed by atoms with Crippen molar-refractivity contribution in [3.8, 4) is 0 Å². The second-order valence-electron chi connectivity index (χ2n) is 3.69. The van der Waals surface area contributed by atoms with E-state index in [1.54, 1.807) is 6.07 Å². The van der Waals surface area contributed by atoms with Crippen molar-refractivity contribution < 1.29 is 8.42 Å². The van der Waals surface area contributed by atoms with Crippen molar-refractivity contribution in [2.75, 3.05) is 29.5 Å². The van der Waals surface area contributed by atoms with E-state index in [0.29, 0.717) is 30.5 Å². The molecule has 1 aromatic heterocycles. The third-order valence-corrected chi connectivity index (χ3v) is 4.42. The molecule has 5 nitrogen and oxygen atoms in total. The van der Waals surface area contributed by atoms with Gasteiger partial charge in [-0.3, -0.25) is 0 Å². The molecule has 0 N–H and O–H groups in total. The normalized spacial score (nSPS) is 20.4.